The van der Waals surface area contributed by atoms with Crippen molar-refractivity contribution in [1.82, 2.24) is 9.38 Å². The summed E-state index contributed by atoms with van der Waals surface area (Å²) in [4.78, 5) is 29.1. The Balaban J connectivity index is 2.02. The van der Waals surface area contributed by atoms with E-state index in [2.05, 4.69) is 4.98 Å². The Morgan fingerprint density at radius 1 is 1.48 bits per heavy atom. The van der Waals surface area contributed by atoms with E-state index in [0.717, 1.165) is 19.3 Å². The van der Waals surface area contributed by atoms with Crippen LogP contribution < -0.4 is 10.5 Å². The summed E-state index contributed by atoms with van der Waals surface area (Å²) in [5.74, 6) is 0.0837. The number of hydrogen-bond donors (Lipinski definition) is 0. The van der Waals surface area contributed by atoms with E-state index in [4.69, 9.17) is 4.74 Å². The molecule has 2 aromatic rings. The molecule has 3 rings (SSSR count). The molecule has 2 aromatic heterocycles. The fraction of sp³-hybridized carbons (Fsp3) is 0.467. The molecule has 122 valence electrons. The highest BCUT2D eigenvalue weighted by atomic mass is 16.6. The van der Waals surface area contributed by atoms with Crippen molar-refractivity contribution in [1.29, 1.82) is 0 Å². The molecule has 0 bridgehead atoms. The van der Waals surface area contributed by atoms with Crippen LogP contribution in [0.2, 0.25) is 0 Å². The zero-order chi connectivity index (χ0) is 16.4. The van der Waals surface area contributed by atoms with Crippen molar-refractivity contribution in [3.8, 4) is 0 Å². The van der Waals surface area contributed by atoms with Crippen LogP contribution in [-0.4, -0.2) is 40.6 Å². The predicted molar refractivity (Wildman–Crippen MR) is 85.0 cm³/mol. The maximum Gasteiger partial charge on any atom is 0.376 e. The quantitative estimate of drug-likeness (QED) is 0.628. The molecule has 0 saturated carbocycles. The highest BCUT2D eigenvalue weighted by molar-refractivity contribution is 5.61. The van der Waals surface area contributed by atoms with Crippen molar-refractivity contribution >= 4 is 17.2 Å². The van der Waals surface area contributed by atoms with E-state index in [1.807, 2.05) is 0 Å². The number of likely N-dealkylation sites (N-methyl/N-ethyl adjacent to an activating group) is 1. The van der Waals surface area contributed by atoms with E-state index in [-0.39, 0.29) is 11.9 Å². The zero-order valence-electron chi connectivity index (χ0n) is 12.8. The molecule has 1 aliphatic rings. The Hall–Kier alpha value is -2.48. The minimum atomic E-state index is -0.674. The first kappa shape index (κ1) is 15.4. The average Bonchev–Trinajstić information content (AvgIpc) is 2.55. The van der Waals surface area contributed by atoms with Crippen molar-refractivity contribution < 1.29 is 9.66 Å². The third-order valence-electron chi connectivity index (χ3n) is 3.99. The smallest absolute Gasteiger partial charge is 0.376 e. The standard InChI is InChI=1S/C15H18N4O4/c1-17(10-11-6-3-5-9-23-11)14-13(19(21)22)15(20)18-8-4-2-7-12(18)16-14/h2,4,7-8,11H,3,5-6,9-10H2,1H3. The Morgan fingerprint density at radius 2 is 2.30 bits per heavy atom. The molecule has 0 amide bonds. The number of rotatable bonds is 4. The zero-order valence-corrected chi connectivity index (χ0v) is 12.8. The van der Waals surface area contributed by atoms with Crippen molar-refractivity contribution in [3.63, 3.8) is 0 Å². The lowest BCUT2D eigenvalue weighted by atomic mass is 10.1. The molecule has 0 aliphatic carbocycles. The van der Waals surface area contributed by atoms with Gasteiger partial charge in [-0.3, -0.25) is 19.3 Å². The number of fused-ring (bicyclic) bond motifs is 1. The number of ether oxygens (including phenoxy) is 1. The minimum Gasteiger partial charge on any atom is -0.376 e. The molecule has 1 fully saturated rings. The predicted octanol–water partition coefficient (Wildman–Crippen LogP) is 1.61. The molecule has 23 heavy (non-hydrogen) atoms. The van der Waals surface area contributed by atoms with Crippen LogP contribution in [0.3, 0.4) is 0 Å². The summed E-state index contributed by atoms with van der Waals surface area (Å²) in [5, 5.41) is 11.4. The molecule has 8 heteroatoms. The minimum absolute atomic E-state index is 0.00406. The SMILES string of the molecule is CN(CC1CCCCO1)c1nc2ccccn2c(=O)c1[N+](=O)[O-]. The molecule has 3 heterocycles. The van der Waals surface area contributed by atoms with Crippen LogP contribution in [0.4, 0.5) is 11.5 Å². The summed E-state index contributed by atoms with van der Waals surface area (Å²) in [5.41, 5.74) is -0.798. The molecular formula is C15H18N4O4. The van der Waals surface area contributed by atoms with Crippen LogP contribution in [0, 0.1) is 10.1 Å². The van der Waals surface area contributed by atoms with Gasteiger partial charge < -0.3 is 9.64 Å². The number of nitrogens with zero attached hydrogens (tertiary/aromatic N) is 4. The molecular weight excluding hydrogens is 300 g/mol. The second-order valence-electron chi connectivity index (χ2n) is 5.64. The van der Waals surface area contributed by atoms with Gasteiger partial charge >= 0.3 is 11.2 Å². The van der Waals surface area contributed by atoms with Gasteiger partial charge in [-0.15, -0.1) is 0 Å². The Kier molecular flexibility index (Phi) is 4.24. The largest absolute Gasteiger partial charge is 0.376 e. The molecule has 1 aliphatic heterocycles. The van der Waals surface area contributed by atoms with Crippen molar-refractivity contribution in [2.45, 2.75) is 25.4 Å². The lowest BCUT2D eigenvalue weighted by Crippen LogP contribution is -2.35. The van der Waals surface area contributed by atoms with Crippen molar-refractivity contribution in [3.05, 3.63) is 44.9 Å². The molecule has 1 unspecified atom stereocenters. The summed E-state index contributed by atoms with van der Waals surface area (Å²) < 4.78 is 6.85. The molecule has 1 saturated heterocycles. The summed E-state index contributed by atoms with van der Waals surface area (Å²) in [6.45, 7) is 1.17. The van der Waals surface area contributed by atoms with Crippen LogP contribution in [0.15, 0.2) is 29.2 Å². The van der Waals surface area contributed by atoms with Crippen LogP contribution in [0.5, 0.6) is 0 Å². The highest BCUT2D eigenvalue weighted by Gasteiger charge is 2.27. The van der Waals surface area contributed by atoms with Crippen molar-refractivity contribution in [2.75, 3.05) is 25.1 Å². The average molecular weight is 318 g/mol. The van der Waals surface area contributed by atoms with Crippen molar-refractivity contribution in [2.24, 2.45) is 0 Å². The first-order valence-electron chi connectivity index (χ1n) is 7.56. The summed E-state index contributed by atoms with van der Waals surface area (Å²) in [6, 6.07) is 5.03. The maximum atomic E-state index is 12.4. The molecule has 0 aromatic carbocycles. The number of anilines is 1. The Morgan fingerprint density at radius 3 is 3.00 bits per heavy atom. The normalized spacial score (nSPS) is 18.0. The molecule has 0 spiro atoms. The highest BCUT2D eigenvalue weighted by Crippen LogP contribution is 2.23. The number of aromatic nitrogens is 2. The first-order valence-corrected chi connectivity index (χ1v) is 7.56. The lowest BCUT2D eigenvalue weighted by molar-refractivity contribution is -0.385. The van der Waals surface area contributed by atoms with E-state index >= 15 is 0 Å². The summed E-state index contributed by atoms with van der Waals surface area (Å²) >= 11 is 0. The second-order valence-corrected chi connectivity index (χ2v) is 5.64. The van der Waals surface area contributed by atoms with Crippen LogP contribution >= 0.6 is 0 Å². The molecule has 0 N–H and O–H groups in total. The third kappa shape index (κ3) is 3.02. The maximum absolute atomic E-state index is 12.4. The van der Waals surface area contributed by atoms with Gasteiger partial charge in [-0.05, 0) is 31.4 Å². The van der Waals surface area contributed by atoms with E-state index in [1.165, 1.54) is 10.6 Å². The number of hydrogen-bond acceptors (Lipinski definition) is 6. The van der Waals surface area contributed by atoms with Gasteiger partial charge in [-0.25, -0.2) is 4.98 Å². The third-order valence-corrected chi connectivity index (χ3v) is 3.99. The number of pyridine rings is 1. The summed E-state index contributed by atoms with van der Waals surface area (Å²) in [6.07, 6.45) is 4.50. The van der Waals surface area contributed by atoms with Crippen LogP contribution in [0.25, 0.3) is 5.65 Å². The van der Waals surface area contributed by atoms with Gasteiger partial charge in [-0.1, -0.05) is 6.07 Å². The van der Waals surface area contributed by atoms with E-state index < -0.39 is 16.2 Å². The Labute approximate surface area is 132 Å². The van der Waals surface area contributed by atoms with Gasteiger partial charge in [-0.2, -0.15) is 0 Å². The van der Waals surface area contributed by atoms with Gasteiger partial charge in [0.25, 0.3) is 0 Å². The first-order chi connectivity index (χ1) is 11.1. The van der Waals surface area contributed by atoms with Gasteiger partial charge in [0.2, 0.25) is 5.82 Å². The molecule has 1 atom stereocenters. The van der Waals surface area contributed by atoms with Gasteiger partial charge in [0.1, 0.15) is 5.65 Å². The van der Waals surface area contributed by atoms with E-state index in [0.29, 0.717) is 18.8 Å². The van der Waals surface area contributed by atoms with E-state index in [9.17, 15) is 14.9 Å². The Bertz CT molecular complexity index is 783. The van der Waals surface area contributed by atoms with Gasteiger partial charge in [0, 0.05) is 26.4 Å². The van der Waals surface area contributed by atoms with Crippen LogP contribution in [-0.2, 0) is 4.74 Å². The fourth-order valence-corrected chi connectivity index (χ4v) is 2.84. The lowest BCUT2D eigenvalue weighted by Gasteiger charge is -2.27. The van der Waals surface area contributed by atoms with Crippen LogP contribution in [0.1, 0.15) is 19.3 Å². The van der Waals surface area contributed by atoms with Gasteiger partial charge in [0.15, 0.2) is 0 Å². The monoisotopic (exact) mass is 318 g/mol. The summed E-state index contributed by atoms with van der Waals surface area (Å²) in [7, 11) is 1.70. The number of nitro groups is 1. The topological polar surface area (TPSA) is 90.0 Å². The second kappa shape index (κ2) is 6.33. The fourth-order valence-electron chi connectivity index (χ4n) is 2.84. The molecule has 0 radical (unpaired) electrons. The van der Waals surface area contributed by atoms with Gasteiger partial charge in [0.05, 0.1) is 11.0 Å². The van der Waals surface area contributed by atoms with E-state index in [1.54, 1.807) is 30.1 Å². The molecule has 8 nitrogen and oxygen atoms in total.